The van der Waals surface area contributed by atoms with Gasteiger partial charge < -0.3 is 19.7 Å². The predicted octanol–water partition coefficient (Wildman–Crippen LogP) is 2.54. The zero-order chi connectivity index (χ0) is 16.1. The lowest BCUT2D eigenvalue weighted by Gasteiger charge is -2.29. The first-order valence-corrected chi connectivity index (χ1v) is 8.19. The number of hydrogen-bond acceptors (Lipinski definition) is 3. The van der Waals surface area contributed by atoms with E-state index in [2.05, 4.69) is 17.5 Å². The Morgan fingerprint density at radius 3 is 3.09 bits per heavy atom. The first-order chi connectivity index (χ1) is 11.3. The van der Waals surface area contributed by atoms with Crippen molar-refractivity contribution in [3.05, 3.63) is 41.5 Å². The van der Waals surface area contributed by atoms with Gasteiger partial charge >= 0.3 is 6.03 Å². The molecule has 0 unspecified atom stereocenters. The molecular weight excluding hydrogens is 292 g/mol. The maximum absolute atomic E-state index is 12.3. The molecule has 1 aromatic rings. The van der Waals surface area contributed by atoms with Gasteiger partial charge in [-0.25, -0.2) is 4.79 Å². The van der Waals surface area contributed by atoms with E-state index in [-0.39, 0.29) is 6.03 Å². The number of nitrogens with one attached hydrogen (secondary N) is 1. The number of nitrogens with zero attached hydrogens (tertiary/aromatic N) is 1. The van der Waals surface area contributed by atoms with Crippen molar-refractivity contribution in [3.8, 4) is 5.75 Å². The van der Waals surface area contributed by atoms with E-state index in [1.54, 1.807) is 7.11 Å². The summed E-state index contributed by atoms with van der Waals surface area (Å²) in [4.78, 5) is 14.2. The van der Waals surface area contributed by atoms with Crippen LogP contribution in [0, 0.1) is 0 Å². The third kappa shape index (κ3) is 3.85. The lowest BCUT2D eigenvalue weighted by atomic mass is 9.93. The number of urea groups is 1. The first kappa shape index (κ1) is 15.9. The highest BCUT2D eigenvalue weighted by molar-refractivity contribution is 5.74. The third-order valence-corrected chi connectivity index (χ3v) is 4.50. The van der Waals surface area contributed by atoms with Crippen molar-refractivity contribution in [1.29, 1.82) is 0 Å². The van der Waals surface area contributed by atoms with Crippen LogP contribution < -0.4 is 10.1 Å². The summed E-state index contributed by atoms with van der Waals surface area (Å²) in [6.07, 6.45) is 3.92. The van der Waals surface area contributed by atoms with Crippen LogP contribution in [0.1, 0.15) is 24.3 Å². The summed E-state index contributed by atoms with van der Waals surface area (Å²) in [6.45, 7) is 3.45. The fourth-order valence-electron chi connectivity index (χ4n) is 3.16. The van der Waals surface area contributed by atoms with Crippen LogP contribution in [-0.2, 0) is 4.74 Å². The molecule has 0 saturated heterocycles. The van der Waals surface area contributed by atoms with Gasteiger partial charge in [0.25, 0.3) is 0 Å². The number of methoxy groups -OCH3 is 1. The van der Waals surface area contributed by atoms with Gasteiger partial charge in [0.05, 0.1) is 13.2 Å². The van der Waals surface area contributed by atoms with Gasteiger partial charge in [-0.1, -0.05) is 24.3 Å². The van der Waals surface area contributed by atoms with E-state index in [0.29, 0.717) is 32.2 Å². The van der Waals surface area contributed by atoms with Crippen LogP contribution in [0.5, 0.6) is 5.75 Å². The fraction of sp³-hybridized carbons (Fsp3) is 0.500. The molecule has 0 bridgehead atoms. The monoisotopic (exact) mass is 316 g/mol. The van der Waals surface area contributed by atoms with Crippen molar-refractivity contribution in [1.82, 2.24) is 10.2 Å². The third-order valence-electron chi connectivity index (χ3n) is 4.50. The Balaban J connectivity index is 1.52. The van der Waals surface area contributed by atoms with Crippen molar-refractivity contribution >= 4 is 6.03 Å². The van der Waals surface area contributed by atoms with Gasteiger partial charge in [-0.3, -0.25) is 0 Å². The quantitative estimate of drug-likeness (QED) is 0.869. The number of carbonyl (C=O) groups is 1. The van der Waals surface area contributed by atoms with Gasteiger partial charge in [-0.05, 0) is 30.0 Å². The van der Waals surface area contributed by atoms with Crippen LogP contribution in [0.25, 0.3) is 0 Å². The highest BCUT2D eigenvalue weighted by Crippen LogP contribution is 2.32. The number of carbonyl (C=O) groups excluding carboxylic acids is 1. The van der Waals surface area contributed by atoms with Crippen molar-refractivity contribution in [3.63, 3.8) is 0 Å². The molecule has 2 amide bonds. The zero-order valence-corrected chi connectivity index (χ0v) is 13.6. The Kier molecular flexibility index (Phi) is 5.18. The number of fused-ring (bicyclic) bond motifs is 1. The lowest BCUT2D eigenvalue weighted by molar-refractivity contribution is 0.192. The van der Waals surface area contributed by atoms with Gasteiger partial charge in [-0.15, -0.1) is 0 Å². The summed E-state index contributed by atoms with van der Waals surface area (Å²) in [5, 5.41) is 3.08. The molecule has 1 N–H and O–H groups in total. The minimum atomic E-state index is 0.0155. The molecule has 2 aliphatic heterocycles. The molecule has 23 heavy (non-hydrogen) atoms. The maximum Gasteiger partial charge on any atom is 0.317 e. The van der Waals surface area contributed by atoms with E-state index < -0.39 is 0 Å². The van der Waals surface area contributed by atoms with Crippen LogP contribution in [0.2, 0.25) is 0 Å². The molecule has 0 aromatic heterocycles. The second-order valence-electron chi connectivity index (χ2n) is 6.05. The van der Waals surface area contributed by atoms with E-state index >= 15 is 0 Å². The van der Waals surface area contributed by atoms with Crippen molar-refractivity contribution < 1.29 is 14.3 Å². The summed E-state index contributed by atoms with van der Waals surface area (Å²) >= 11 is 0. The molecular formula is C18H24N2O3. The van der Waals surface area contributed by atoms with Crippen LogP contribution >= 0.6 is 0 Å². The summed E-state index contributed by atoms with van der Waals surface area (Å²) < 4.78 is 10.8. The molecule has 124 valence electrons. The van der Waals surface area contributed by atoms with Crippen LogP contribution in [0.15, 0.2) is 35.9 Å². The molecule has 2 heterocycles. The van der Waals surface area contributed by atoms with Gasteiger partial charge in [0.15, 0.2) is 0 Å². The van der Waals surface area contributed by atoms with Crippen LogP contribution in [0.4, 0.5) is 4.79 Å². The van der Waals surface area contributed by atoms with E-state index in [4.69, 9.17) is 9.47 Å². The van der Waals surface area contributed by atoms with Gasteiger partial charge in [0, 0.05) is 32.7 Å². The smallest absolute Gasteiger partial charge is 0.317 e. The van der Waals surface area contributed by atoms with Crippen LogP contribution in [-0.4, -0.2) is 50.9 Å². The molecule has 0 spiro atoms. The Morgan fingerprint density at radius 2 is 2.30 bits per heavy atom. The van der Waals surface area contributed by atoms with Gasteiger partial charge in [0.1, 0.15) is 5.75 Å². The standard InChI is InChI=1S/C18H24N2O3/c1-22-13-14-6-9-20(10-7-14)18(21)19-12-15-8-11-23-17-5-3-2-4-16(15)17/h2-6,15H,7-13H2,1H3,(H,19,21)/t15-/m1/s1. The normalized spacial score (nSPS) is 20.3. The zero-order valence-electron chi connectivity index (χ0n) is 13.6. The molecule has 5 nitrogen and oxygen atoms in total. The number of hydrogen-bond donors (Lipinski definition) is 1. The van der Waals surface area contributed by atoms with Crippen molar-refractivity contribution in [2.75, 3.05) is 40.0 Å². The molecule has 1 aromatic carbocycles. The molecule has 0 fully saturated rings. The topological polar surface area (TPSA) is 50.8 Å². The molecule has 3 rings (SSSR count). The molecule has 2 aliphatic rings. The summed E-state index contributed by atoms with van der Waals surface area (Å²) in [6, 6.07) is 8.11. The molecule has 0 aliphatic carbocycles. The van der Waals surface area contributed by atoms with Crippen molar-refractivity contribution in [2.24, 2.45) is 0 Å². The number of ether oxygens (including phenoxy) is 2. The number of benzene rings is 1. The maximum atomic E-state index is 12.3. The largest absolute Gasteiger partial charge is 0.493 e. The number of amides is 2. The number of rotatable bonds is 4. The van der Waals surface area contributed by atoms with Crippen LogP contribution in [0.3, 0.4) is 0 Å². The second kappa shape index (κ2) is 7.51. The second-order valence-corrected chi connectivity index (χ2v) is 6.05. The van der Waals surface area contributed by atoms with E-state index in [0.717, 1.165) is 25.1 Å². The van der Waals surface area contributed by atoms with E-state index in [1.807, 2.05) is 23.1 Å². The minimum absolute atomic E-state index is 0.0155. The Labute approximate surface area is 137 Å². The lowest BCUT2D eigenvalue weighted by Crippen LogP contribution is -2.44. The van der Waals surface area contributed by atoms with Crippen molar-refractivity contribution in [2.45, 2.75) is 18.8 Å². The molecule has 5 heteroatoms. The Morgan fingerprint density at radius 1 is 1.43 bits per heavy atom. The summed E-state index contributed by atoms with van der Waals surface area (Å²) in [7, 11) is 1.70. The summed E-state index contributed by atoms with van der Waals surface area (Å²) in [5.41, 5.74) is 2.47. The van der Waals surface area contributed by atoms with E-state index in [9.17, 15) is 4.79 Å². The average molecular weight is 316 g/mol. The Bertz CT molecular complexity index is 585. The highest BCUT2D eigenvalue weighted by Gasteiger charge is 2.23. The minimum Gasteiger partial charge on any atom is -0.493 e. The van der Waals surface area contributed by atoms with E-state index in [1.165, 1.54) is 11.1 Å². The number of para-hydroxylation sites is 1. The summed E-state index contributed by atoms with van der Waals surface area (Å²) in [5.74, 6) is 1.27. The Hall–Kier alpha value is -2.01. The molecule has 0 radical (unpaired) electrons. The fourth-order valence-corrected chi connectivity index (χ4v) is 3.16. The SMILES string of the molecule is COCC1=CCN(C(=O)NC[C@H]2CCOc3ccccc32)CC1. The molecule has 1 atom stereocenters. The predicted molar refractivity (Wildman–Crippen MR) is 88.8 cm³/mol. The molecule has 0 saturated carbocycles. The van der Waals surface area contributed by atoms with Gasteiger partial charge in [-0.2, -0.15) is 0 Å². The average Bonchev–Trinajstić information content (AvgIpc) is 2.60. The van der Waals surface area contributed by atoms with Gasteiger partial charge in [0.2, 0.25) is 0 Å². The highest BCUT2D eigenvalue weighted by atomic mass is 16.5. The first-order valence-electron chi connectivity index (χ1n) is 8.19.